The van der Waals surface area contributed by atoms with Crippen molar-refractivity contribution >= 4 is 22.7 Å². The normalized spacial score (nSPS) is 14.6. The van der Waals surface area contributed by atoms with E-state index < -0.39 is 0 Å². The molecule has 0 unspecified atom stereocenters. The van der Waals surface area contributed by atoms with Gasteiger partial charge < -0.3 is 14.7 Å². The molecule has 0 spiro atoms. The van der Waals surface area contributed by atoms with Crippen LogP contribution in [-0.2, 0) is 6.61 Å². The summed E-state index contributed by atoms with van der Waals surface area (Å²) in [4.78, 5) is 11.7. The summed E-state index contributed by atoms with van der Waals surface area (Å²) in [5.41, 5.74) is 7.21. The van der Waals surface area contributed by atoms with Gasteiger partial charge in [0.05, 0.1) is 22.8 Å². The summed E-state index contributed by atoms with van der Waals surface area (Å²) in [5, 5.41) is 1.18. The maximum Gasteiger partial charge on any atom is 0.145 e. The minimum Gasteiger partial charge on any atom is -0.487 e. The second-order valence-electron chi connectivity index (χ2n) is 7.36. The van der Waals surface area contributed by atoms with Crippen molar-refractivity contribution in [3.8, 4) is 17.1 Å². The predicted octanol–water partition coefficient (Wildman–Crippen LogP) is 6.50. The number of aromatic nitrogens is 2. The molecule has 1 aliphatic heterocycles. The minimum atomic E-state index is 0.514. The molecular weight excluding hydrogens is 370 g/mol. The zero-order valence-corrected chi connectivity index (χ0v) is 16.9. The summed E-state index contributed by atoms with van der Waals surface area (Å²) >= 11 is 0. The molecule has 1 aliphatic rings. The highest BCUT2D eigenvalue weighted by Crippen LogP contribution is 2.31. The van der Waals surface area contributed by atoms with Crippen LogP contribution in [0, 0.1) is 0 Å². The molecular formula is C26H23N3O. The third-order valence-corrected chi connectivity index (χ3v) is 5.24. The Morgan fingerprint density at radius 3 is 2.50 bits per heavy atom. The Bertz CT molecular complexity index is 1240. The zero-order chi connectivity index (χ0) is 20.3. The van der Waals surface area contributed by atoms with Gasteiger partial charge in [0, 0.05) is 22.7 Å². The molecule has 3 heterocycles. The lowest BCUT2D eigenvalue weighted by Crippen LogP contribution is -1.95. The van der Waals surface area contributed by atoms with E-state index in [0.29, 0.717) is 6.61 Å². The average molecular weight is 393 g/mol. The van der Waals surface area contributed by atoms with Crippen LogP contribution in [0.15, 0.2) is 89.6 Å². The summed E-state index contributed by atoms with van der Waals surface area (Å²) in [6, 6.07) is 22.7. The topological polar surface area (TPSA) is 53.2 Å². The molecule has 0 amide bonds. The second kappa shape index (κ2) is 7.91. The van der Waals surface area contributed by atoms with Crippen LogP contribution in [0.2, 0.25) is 0 Å². The highest BCUT2D eigenvalue weighted by molar-refractivity contribution is 5.99. The molecule has 0 atom stereocenters. The van der Waals surface area contributed by atoms with Gasteiger partial charge in [-0.15, -0.1) is 0 Å². The molecule has 0 fully saturated rings. The van der Waals surface area contributed by atoms with Gasteiger partial charge in [0.15, 0.2) is 0 Å². The van der Waals surface area contributed by atoms with Gasteiger partial charge in [-0.1, -0.05) is 55.5 Å². The summed E-state index contributed by atoms with van der Waals surface area (Å²) in [6.07, 6.45) is 7.09. The van der Waals surface area contributed by atoms with Crippen LogP contribution in [-0.4, -0.2) is 15.7 Å². The quantitative estimate of drug-likeness (QED) is 0.386. The maximum absolute atomic E-state index is 6.20. The first-order valence-electron chi connectivity index (χ1n) is 10.2. The van der Waals surface area contributed by atoms with E-state index in [4.69, 9.17) is 4.74 Å². The lowest BCUT2D eigenvalue weighted by molar-refractivity contribution is 0.306. The number of fused-ring (bicyclic) bond motifs is 1. The summed E-state index contributed by atoms with van der Waals surface area (Å²) in [5.74, 6) is 0.813. The Balaban J connectivity index is 1.51. The van der Waals surface area contributed by atoms with Crippen molar-refractivity contribution < 1.29 is 4.74 Å². The molecule has 2 aromatic carbocycles. The molecule has 4 heteroatoms. The highest BCUT2D eigenvalue weighted by atomic mass is 16.5. The minimum absolute atomic E-state index is 0.514. The van der Waals surface area contributed by atoms with Gasteiger partial charge in [0.1, 0.15) is 12.4 Å². The Morgan fingerprint density at radius 1 is 0.900 bits per heavy atom. The van der Waals surface area contributed by atoms with E-state index >= 15 is 0 Å². The number of H-pyrrole nitrogens is 2. The monoisotopic (exact) mass is 393 g/mol. The van der Waals surface area contributed by atoms with E-state index in [2.05, 4.69) is 70.4 Å². The summed E-state index contributed by atoms with van der Waals surface area (Å²) in [6.45, 7) is 2.63. The van der Waals surface area contributed by atoms with Gasteiger partial charge in [-0.05, 0) is 42.3 Å². The van der Waals surface area contributed by atoms with E-state index in [1.165, 1.54) is 5.39 Å². The summed E-state index contributed by atoms with van der Waals surface area (Å²) < 4.78 is 6.20. The fourth-order valence-electron chi connectivity index (χ4n) is 3.62. The summed E-state index contributed by atoms with van der Waals surface area (Å²) in [7, 11) is 0. The number of aliphatic imine (C=N–C) groups is 1. The van der Waals surface area contributed by atoms with E-state index in [1.54, 1.807) is 0 Å². The third-order valence-electron chi connectivity index (χ3n) is 5.24. The van der Waals surface area contributed by atoms with Gasteiger partial charge >= 0.3 is 0 Å². The Labute approximate surface area is 175 Å². The number of rotatable bonds is 6. The first-order valence-corrected chi connectivity index (χ1v) is 10.2. The first kappa shape index (κ1) is 18.3. The standard InChI is InChI=1S/C26H23N3O/c1-2-20-12-13-21(27-20)15-25-26(30-17-18-8-4-3-5-9-18)16-24(29-25)23-14-19-10-6-7-11-22(19)28-23/h3-16,28-29H,2,17H2,1H3/b21-15+. The van der Waals surface area contributed by atoms with Crippen LogP contribution in [0.5, 0.6) is 5.75 Å². The number of benzene rings is 2. The molecule has 0 saturated carbocycles. The molecule has 0 saturated heterocycles. The van der Waals surface area contributed by atoms with Crippen LogP contribution in [0.1, 0.15) is 24.6 Å². The Kier molecular flexibility index (Phi) is 4.81. The van der Waals surface area contributed by atoms with E-state index in [1.807, 2.05) is 36.4 Å². The number of nitrogens with one attached hydrogen (secondary N) is 2. The van der Waals surface area contributed by atoms with Crippen molar-refractivity contribution in [1.82, 2.24) is 9.97 Å². The Morgan fingerprint density at radius 2 is 1.70 bits per heavy atom. The first-order chi connectivity index (χ1) is 14.8. The van der Waals surface area contributed by atoms with Crippen molar-refractivity contribution in [3.63, 3.8) is 0 Å². The molecule has 4 nitrogen and oxygen atoms in total. The molecule has 0 aliphatic carbocycles. The molecule has 30 heavy (non-hydrogen) atoms. The van der Waals surface area contributed by atoms with Crippen LogP contribution in [0.25, 0.3) is 28.4 Å². The number of nitrogens with zero attached hydrogens (tertiary/aromatic N) is 1. The van der Waals surface area contributed by atoms with Crippen molar-refractivity contribution in [2.45, 2.75) is 20.0 Å². The van der Waals surface area contributed by atoms with Gasteiger partial charge in [0.25, 0.3) is 0 Å². The number of para-hydroxylation sites is 1. The van der Waals surface area contributed by atoms with Crippen LogP contribution in [0.3, 0.4) is 0 Å². The number of hydrogen-bond donors (Lipinski definition) is 2. The van der Waals surface area contributed by atoms with Crippen LogP contribution in [0.4, 0.5) is 0 Å². The molecule has 0 radical (unpaired) electrons. The molecule has 2 N–H and O–H groups in total. The second-order valence-corrected chi connectivity index (χ2v) is 7.36. The van der Waals surface area contributed by atoms with E-state index in [-0.39, 0.29) is 0 Å². The highest BCUT2D eigenvalue weighted by Gasteiger charge is 2.13. The smallest absolute Gasteiger partial charge is 0.145 e. The lowest BCUT2D eigenvalue weighted by Gasteiger charge is -2.05. The van der Waals surface area contributed by atoms with Crippen molar-refractivity contribution in [3.05, 3.63) is 95.8 Å². The predicted molar refractivity (Wildman–Crippen MR) is 124 cm³/mol. The maximum atomic E-state index is 6.20. The van der Waals surface area contributed by atoms with E-state index in [9.17, 15) is 0 Å². The van der Waals surface area contributed by atoms with Crippen molar-refractivity contribution in [2.75, 3.05) is 0 Å². The number of ether oxygens (including phenoxy) is 1. The Hall–Kier alpha value is -3.79. The number of aromatic amines is 2. The average Bonchev–Trinajstić information content (AvgIpc) is 3.51. The van der Waals surface area contributed by atoms with Crippen molar-refractivity contribution in [2.24, 2.45) is 4.99 Å². The fourth-order valence-corrected chi connectivity index (χ4v) is 3.62. The molecule has 148 valence electrons. The van der Waals surface area contributed by atoms with Gasteiger partial charge in [0.2, 0.25) is 0 Å². The molecule has 5 rings (SSSR count). The lowest BCUT2D eigenvalue weighted by atomic mass is 10.2. The van der Waals surface area contributed by atoms with Gasteiger partial charge in [-0.2, -0.15) is 0 Å². The zero-order valence-electron chi connectivity index (χ0n) is 16.9. The molecule has 0 bridgehead atoms. The number of hydrogen-bond acceptors (Lipinski definition) is 2. The van der Waals surface area contributed by atoms with Crippen LogP contribution >= 0.6 is 0 Å². The van der Waals surface area contributed by atoms with Crippen molar-refractivity contribution in [1.29, 1.82) is 0 Å². The fraction of sp³-hybridized carbons (Fsp3) is 0.115. The van der Waals surface area contributed by atoms with E-state index in [0.717, 1.165) is 51.7 Å². The van der Waals surface area contributed by atoms with Crippen LogP contribution < -0.4 is 4.74 Å². The largest absolute Gasteiger partial charge is 0.487 e. The van der Waals surface area contributed by atoms with Gasteiger partial charge in [-0.3, -0.25) is 4.99 Å². The SMILES string of the molecule is CCC1=N/C(=C/c2[nH]c(-c3cc4ccccc4[nH]3)cc2OCc2ccccc2)C=C1. The molecule has 2 aromatic heterocycles. The van der Waals surface area contributed by atoms with Gasteiger partial charge in [-0.25, -0.2) is 0 Å². The molecule has 4 aromatic rings. The third kappa shape index (κ3) is 3.72. The number of allylic oxidation sites excluding steroid dienone is 2.